The molecule has 184 valence electrons. The van der Waals surface area contributed by atoms with E-state index in [2.05, 4.69) is 29.3 Å². The number of sulfonamides is 1. The molecule has 1 aliphatic heterocycles. The molecule has 1 amide bonds. The number of carbonyl (C=O) groups is 1. The minimum absolute atomic E-state index is 0.146. The number of nitrogens with one attached hydrogen (secondary N) is 1. The number of benzene rings is 3. The zero-order valence-corrected chi connectivity index (χ0v) is 21.1. The standard InChI is InChI=1S/C28H33N3O3S/c1-22-17-19-30(20-18-22)25-15-13-24(14-16-25)23(2)29-28(32)21-31(26-9-5-3-6-10-26)35(33,34)27-11-7-4-8-12-27/h3-16,22-23H,17-21H2,1-2H3,(H,29,32). The van der Waals surface area contributed by atoms with E-state index in [0.29, 0.717) is 5.69 Å². The zero-order valence-electron chi connectivity index (χ0n) is 20.3. The van der Waals surface area contributed by atoms with Gasteiger partial charge in [0.15, 0.2) is 0 Å². The zero-order chi connectivity index (χ0) is 24.8. The maximum absolute atomic E-state index is 13.4. The predicted octanol–water partition coefficient (Wildman–Crippen LogP) is 5.00. The molecule has 1 aliphatic rings. The van der Waals surface area contributed by atoms with Gasteiger partial charge in [0.1, 0.15) is 6.54 Å². The van der Waals surface area contributed by atoms with Crippen molar-refractivity contribution >= 4 is 27.3 Å². The van der Waals surface area contributed by atoms with Crippen molar-refractivity contribution in [2.75, 3.05) is 28.8 Å². The van der Waals surface area contributed by atoms with Crippen molar-refractivity contribution in [1.82, 2.24) is 5.32 Å². The van der Waals surface area contributed by atoms with Gasteiger partial charge in [-0.05, 0) is 67.6 Å². The summed E-state index contributed by atoms with van der Waals surface area (Å²) in [5.74, 6) is 0.414. The first kappa shape index (κ1) is 24.8. The molecule has 1 atom stereocenters. The average Bonchev–Trinajstić information content (AvgIpc) is 2.89. The van der Waals surface area contributed by atoms with Crippen LogP contribution in [0.4, 0.5) is 11.4 Å². The van der Waals surface area contributed by atoms with Crippen LogP contribution >= 0.6 is 0 Å². The number of hydrogen-bond donors (Lipinski definition) is 1. The van der Waals surface area contributed by atoms with E-state index >= 15 is 0 Å². The molecule has 1 N–H and O–H groups in total. The number of rotatable bonds is 8. The Bertz CT molecular complexity index is 1210. The summed E-state index contributed by atoms with van der Waals surface area (Å²) >= 11 is 0. The Morgan fingerprint density at radius 2 is 1.51 bits per heavy atom. The van der Waals surface area contributed by atoms with E-state index in [0.717, 1.165) is 28.9 Å². The molecule has 35 heavy (non-hydrogen) atoms. The van der Waals surface area contributed by atoms with E-state index in [1.54, 1.807) is 42.5 Å². The topological polar surface area (TPSA) is 69.7 Å². The smallest absolute Gasteiger partial charge is 0.264 e. The Labute approximate surface area is 208 Å². The molecule has 3 aromatic carbocycles. The average molecular weight is 492 g/mol. The van der Waals surface area contributed by atoms with E-state index < -0.39 is 10.0 Å². The van der Waals surface area contributed by atoms with Crippen molar-refractivity contribution in [3.8, 4) is 0 Å². The Kier molecular flexibility index (Phi) is 7.76. The SMILES string of the molecule is CC1CCN(c2ccc(C(C)NC(=O)CN(c3ccccc3)S(=O)(=O)c3ccccc3)cc2)CC1. The minimum Gasteiger partial charge on any atom is -0.372 e. The molecular formula is C28H33N3O3S. The number of hydrogen-bond acceptors (Lipinski definition) is 4. The van der Waals surface area contributed by atoms with Crippen LogP contribution in [-0.4, -0.2) is 34.0 Å². The molecule has 1 heterocycles. The highest BCUT2D eigenvalue weighted by atomic mass is 32.2. The number of anilines is 2. The second-order valence-electron chi connectivity index (χ2n) is 9.21. The highest BCUT2D eigenvalue weighted by molar-refractivity contribution is 7.92. The third kappa shape index (κ3) is 6.03. The van der Waals surface area contributed by atoms with E-state index in [-0.39, 0.29) is 23.4 Å². The lowest BCUT2D eigenvalue weighted by atomic mass is 9.98. The minimum atomic E-state index is -3.90. The van der Waals surface area contributed by atoms with Crippen molar-refractivity contribution < 1.29 is 13.2 Å². The second-order valence-corrected chi connectivity index (χ2v) is 11.1. The fraction of sp³-hybridized carbons (Fsp3) is 0.321. The van der Waals surface area contributed by atoms with Gasteiger partial charge in [0.2, 0.25) is 5.91 Å². The van der Waals surface area contributed by atoms with Gasteiger partial charge in [0.25, 0.3) is 10.0 Å². The van der Waals surface area contributed by atoms with Gasteiger partial charge in [-0.15, -0.1) is 0 Å². The van der Waals surface area contributed by atoms with Crippen LogP contribution in [0.1, 0.15) is 38.3 Å². The van der Waals surface area contributed by atoms with Crippen LogP contribution in [0.15, 0.2) is 89.8 Å². The van der Waals surface area contributed by atoms with Gasteiger partial charge in [-0.3, -0.25) is 9.10 Å². The van der Waals surface area contributed by atoms with Crippen LogP contribution in [-0.2, 0) is 14.8 Å². The molecule has 4 rings (SSSR count). The summed E-state index contributed by atoms with van der Waals surface area (Å²) < 4.78 is 27.9. The van der Waals surface area contributed by atoms with Crippen molar-refractivity contribution in [3.05, 3.63) is 90.5 Å². The lowest BCUT2D eigenvalue weighted by molar-refractivity contribution is -0.120. The van der Waals surface area contributed by atoms with E-state index in [4.69, 9.17) is 0 Å². The summed E-state index contributed by atoms with van der Waals surface area (Å²) in [6.45, 7) is 6.04. The Morgan fingerprint density at radius 3 is 2.11 bits per heavy atom. The normalized spacial score (nSPS) is 15.4. The molecule has 1 fully saturated rings. The number of nitrogens with zero attached hydrogens (tertiary/aromatic N) is 2. The van der Waals surface area contributed by atoms with Gasteiger partial charge >= 0.3 is 0 Å². The van der Waals surface area contributed by atoms with Gasteiger partial charge in [-0.25, -0.2) is 8.42 Å². The molecule has 6 nitrogen and oxygen atoms in total. The molecule has 0 radical (unpaired) electrons. The fourth-order valence-corrected chi connectivity index (χ4v) is 5.81. The predicted molar refractivity (Wildman–Crippen MR) is 141 cm³/mol. The molecule has 3 aromatic rings. The fourth-order valence-electron chi connectivity index (χ4n) is 4.37. The van der Waals surface area contributed by atoms with Crippen molar-refractivity contribution in [2.24, 2.45) is 5.92 Å². The lowest BCUT2D eigenvalue weighted by Crippen LogP contribution is -2.41. The van der Waals surface area contributed by atoms with Crippen LogP contribution in [0.3, 0.4) is 0 Å². The number of piperidine rings is 1. The summed E-state index contributed by atoms with van der Waals surface area (Å²) in [5, 5.41) is 2.97. The Hall–Kier alpha value is -3.32. The molecule has 7 heteroatoms. The summed E-state index contributed by atoms with van der Waals surface area (Å²) in [6, 6.07) is 24.9. The summed E-state index contributed by atoms with van der Waals surface area (Å²) in [6.07, 6.45) is 2.41. The second kappa shape index (κ2) is 11.0. The van der Waals surface area contributed by atoms with Crippen LogP contribution in [0.2, 0.25) is 0 Å². The largest absolute Gasteiger partial charge is 0.372 e. The first-order valence-electron chi connectivity index (χ1n) is 12.1. The summed E-state index contributed by atoms with van der Waals surface area (Å²) in [7, 11) is -3.90. The van der Waals surface area contributed by atoms with Crippen molar-refractivity contribution in [2.45, 2.75) is 37.6 Å². The highest BCUT2D eigenvalue weighted by Crippen LogP contribution is 2.26. The van der Waals surface area contributed by atoms with Gasteiger partial charge in [0, 0.05) is 18.8 Å². The third-order valence-corrected chi connectivity index (χ3v) is 8.37. The van der Waals surface area contributed by atoms with Gasteiger partial charge < -0.3 is 10.2 Å². The quantitative estimate of drug-likeness (QED) is 0.482. The van der Waals surface area contributed by atoms with Crippen molar-refractivity contribution in [1.29, 1.82) is 0 Å². The van der Waals surface area contributed by atoms with E-state index in [1.165, 1.54) is 30.7 Å². The Morgan fingerprint density at radius 1 is 0.943 bits per heavy atom. The maximum atomic E-state index is 13.4. The van der Waals surface area contributed by atoms with E-state index in [9.17, 15) is 13.2 Å². The Balaban J connectivity index is 1.46. The monoisotopic (exact) mass is 491 g/mol. The molecule has 0 bridgehead atoms. The number of carbonyl (C=O) groups excluding carboxylic acids is 1. The van der Waals surface area contributed by atoms with Crippen LogP contribution in [0.5, 0.6) is 0 Å². The van der Waals surface area contributed by atoms with Crippen LogP contribution in [0.25, 0.3) is 0 Å². The highest BCUT2D eigenvalue weighted by Gasteiger charge is 2.27. The van der Waals surface area contributed by atoms with Crippen LogP contribution < -0.4 is 14.5 Å². The van der Waals surface area contributed by atoms with Gasteiger partial charge in [-0.2, -0.15) is 0 Å². The molecular weight excluding hydrogens is 458 g/mol. The van der Waals surface area contributed by atoms with Crippen LogP contribution in [0, 0.1) is 5.92 Å². The van der Waals surface area contributed by atoms with Gasteiger partial charge in [-0.1, -0.05) is 55.5 Å². The molecule has 0 aromatic heterocycles. The van der Waals surface area contributed by atoms with Gasteiger partial charge in [0.05, 0.1) is 16.6 Å². The molecule has 0 saturated carbocycles. The maximum Gasteiger partial charge on any atom is 0.264 e. The summed E-state index contributed by atoms with van der Waals surface area (Å²) in [4.78, 5) is 15.6. The first-order chi connectivity index (χ1) is 16.8. The third-order valence-electron chi connectivity index (χ3n) is 6.58. The molecule has 0 spiro atoms. The van der Waals surface area contributed by atoms with Crippen molar-refractivity contribution in [3.63, 3.8) is 0 Å². The molecule has 1 unspecified atom stereocenters. The molecule has 0 aliphatic carbocycles. The first-order valence-corrected chi connectivity index (χ1v) is 13.6. The lowest BCUT2D eigenvalue weighted by Gasteiger charge is -2.32. The summed E-state index contributed by atoms with van der Waals surface area (Å²) in [5.41, 5.74) is 2.62. The molecule has 1 saturated heterocycles. The number of amides is 1. The van der Waals surface area contributed by atoms with E-state index in [1.807, 2.05) is 25.1 Å². The number of para-hydroxylation sites is 1.